The monoisotopic (exact) mass is 287 g/mol. The fraction of sp³-hybridized carbons (Fsp3) is 0.500. The number of hydrogen-bond acceptors (Lipinski definition) is 6. The Kier molecular flexibility index (Phi) is 3.40. The van der Waals surface area contributed by atoms with E-state index in [4.69, 9.17) is 5.73 Å². The SMILES string of the molecule is Cc1nccc(N2CCN(c3c(N)c(C)nn3C)CC2)n1. The van der Waals surface area contributed by atoms with Crippen LogP contribution in [0.2, 0.25) is 0 Å². The number of hydrogen-bond donors (Lipinski definition) is 1. The lowest BCUT2D eigenvalue weighted by Crippen LogP contribution is -2.47. The summed E-state index contributed by atoms with van der Waals surface area (Å²) >= 11 is 0. The third-order valence-corrected chi connectivity index (χ3v) is 3.90. The number of nitrogens with two attached hydrogens (primary N) is 1. The zero-order valence-corrected chi connectivity index (χ0v) is 12.7. The second kappa shape index (κ2) is 5.23. The predicted octanol–water partition coefficient (Wildman–Crippen LogP) is 0.736. The van der Waals surface area contributed by atoms with Crippen molar-refractivity contribution >= 4 is 17.3 Å². The van der Waals surface area contributed by atoms with Gasteiger partial charge in [-0.25, -0.2) is 9.97 Å². The molecule has 3 rings (SSSR count). The van der Waals surface area contributed by atoms with Crippen molar-refractivity contribution in [2.75, 3.05) is 41.7 Å². The maximum absolute atomic E-state index is 6.14. The molecule has 0 aliphatic carbocycles. The molecular weight excluding hydrogens is 266 g/mol. The van der Waals surface area contributed by atoms with Crippen molar-refractivity contribution in [2.45, 2.75) is 13.8 Å². The first-order chi connectivity index (χ1) is 10.1. The molecule has 0 amide bonds. The largest absolute Gasteiger partial charge is 0.394 e. The zero-order valence-electron chi connectivity index (χ0n) is 12.7. The highest BCUT2D eigenvalue weighted by atomic mass is 15.4. The minimum atomic E-state index is 0.781. The fourth-order valence-electron chi connectivity index (χ4n) is 2.80. The third-order valence-electron chi connectivity index (χ3n) is 3.90. The van der Waals surface area contributed by atoms with Crippen molar-refractivity contribution in [3.05, 3.63) is 23.8 Å². The maximum Gasteiger partial charge on any atom is 0.150 e. The zero-order chi connectivity index (χ0) is 15.0. The van der Waals surface area contributed by atoms with Crippen molar-refractivity contribution in [2.24, 2.45) is 7.05 Å². The molecule has 0 unspecified atom stereocenters. The van der Waals surface area contributed by atoms with Crippen molar-refractivity contribution in [1.82, 2.24) is 19.7 Å². The highest BCUT2D eigenvalue weighted by molar-refractivity contribution is 5.66. The van der Waals surface area contributed by atoms with Gasteiger partial charge in [0.25, 0.3) is 0 Å². The molecule has 0 saturated carbocycles. The van der Waals surface area contributed by atoms with E-state index in [1.165, 1.54) is 0 Å². The molecule has 0 atom stereocenters. The lowest BCUT2D eigenvalue weighted by Gasteiger charge is -2.36. The maximum atomic E-state index is 6.14. The van der Waals surface area contributed by atoms with Crippen LogP contribution >= 0.6 is 0 Å². The lowest BCUT2D eigenvalue weighted by molar-refractivity contribution is 0.619. The fourth-order valence-corrected chi connectivity index (χ4v) is 2.80. The van der Waals surface area contributed by atoms with Gasteiger partial charge in [0.2, 0.25) is 0 Å². The summed E-state index contributed by atoms with van der Waals surface area (Å²) in [6, 6.07) is 1.96. The van der Waals surface area contributed by atoms with Crippen LogP contribution in [-0.2, 0) is 7.05 Å². The smallest absolute Gasteiger partial charge is 0.150 e. The number of anilines is 3. The minimum absolute atomic E-state index is 0.781. The van der Waals surface area contributed by atoms with E-state index in [0.717, 1.165) is 55.0 Å². The van der Waals surface area contributed by atoms with E-state index in [-0.39, 0.29) is 0 Å². The Morgan fingerprint density at radius 1 is 1.10 bits per heavy atom. The highest BCUT2D eigenvalue weighted by Crippen LogP contribution is 2.27. The van der Waals surface area contributed by atoms with Gasteiger partial charge in [-0.1, -0.05) is 0 Å². The van der Waals surface area contributed by atoms with Crippen LogP contribution in [0, 0.1) is 13.8 Å². The average Bonchev–Trinajstić information content (AvgIpc) is 2.72. The molecule has 2 N–H and O–H groups in total. The molecule has 1 aliphatic rings. The lowest BCUT2D eigenvalue weighted by atomic mass is 10.3. The number of nitrogen functional groups attached to an aromatic ring is 1. The van der Waals surface area contributed by atoms with Crippen LogP contribution in [0.5, 0.6) is 0 Å². The van der Waals surface area contributed by atoms with E-state index < -0.39 is 0 Å². The Labute approximate surface area is 124 Å². The van der Waals surface area contributed by atoms with Crippen molar-refractivity contribution in [3.8, 4) is 0 Å². The summed E-state index contributed by atoms with van der Waals surface area (Å²) in [5.74, 6) is 2.82. The number of piperazine rings is 1. The van der Waals surface area contributed by atoms with Crippen LogP contribution in [0.4, 0.5) is 17.3 Å². The molecule has 0 radical (unpaired) electrons. The van der Waals surface area contributed by atoms with Gasteiger partial charge in [-0.2, -0.15) is 5.10 Å². The van der Waals surface area contributed by atoms with Crippen LogP contribution < -0.4 is 15.5 Å². The molecule has 21 heavy (non-hydrogen) atoms. The predicted molar refractivity (Wildman–Crippen MR) is 83.6 cm³/mol. The molecule has 1 aliphatic heterocycles. The standard InChI is InChI=1S/C14H21N7/c1-10-13(15)14(19(3)18-10)21-8-6-20(7-9-21)12-4-5-16-11(2)17-12/h4-5H,6-9,15H2,1-3H3. The number of nitrogens with zero attached hydrogens (tertiary/aromatic N) is 6. The van der Waals surface area contributed by atoms with E-state index in [9.17, 15) is 0 Å². The summed E-state index contributed by atoms with van der Waals surface area (Å²) < 4.78 is 1.87. The minimum Gasteiger partial charge on any atom is -0.394 e. The molecule has 112 valence electrons. The van der Waals surface area contributed by atoms with Gasteiger partial charge in [-0.05, 0) is 19.9 Å². The van der Waals surface area contributed by atoms with Gasteiger partial charge >= 0.3 is 0 Å². The summed E-state index contributed by atoms with van der Waals surface area (Å²) in [6.45, 7) is 7.51. The molecule has 1 saturated heterocycles. The first kappa shape index (κ1) is 13.7. The Morgan fingerprint density at radius 3 is 2.33 bits per heavy atom. The molecule has 7 nitrogen and oxygen atoms in total. The molecule has 7 heteroatoms. The van der Waals surface area contributed by atoms with Crippen molar-refractivity contribution in [3.63, 3.8) is 0 Å². The van der Waals surface area contributed by atoms with Crippen LogP contribution in [0.3, 0.4) is 0 Å². The number of aromatic nitrogens is 4. The average molecular weight is 287 g/mol. The van der Waals surface area contributed by atoms with Gasteiger partial charge in [0.15, 0.2) is 5.82 Å². The normalized spacial score (nSPS) is 15.6. The molecule has 0 spiro atoms. The Balaban J connectivity index is 1.73. The van der Waals surface area contributed by atoms with E-state index in [2.05, 4.69) is 24.9 Å². The first-order valence-electron chi connectivity index (χ1n) is 7.15. The summed E-state index contributed by atoms with van der Waals surface area (Å²) in [5.41, 5.74) is 7.81. The molecule has 0 bridgehead atoms. The van der Waals surface area contributed by atoms with Gasteiger partial charge in [-0.15, -0.1) is 0 Å². The van der Waals surface area contributed by atoms with Gasteiger partial charge in [0, 0.05) is 39.4 Å². The Hall–Kier alpha value is -2.31. The van der Waals surface area contributed by atoms with Gasteiger partial charge in [0.1, 0.15) is 11.6 Å². The van der Waals surface area contributed by atoms with E-state index in [1.807, 2.05) is 37.8 Å². The molecular formula is C14H21N7. The molecule has 2 aromatic heterocycles. The highest BCUT2D eigenvalue weighted by Gasteiger charge is 2.23. The number of rotatable bonds is 2. The third kappa shape index (κ3) is 2.51. The molecule has 2 aromatic rings. The number of aryl methyl sites for hydroxylation is 3. The van der Waals surface area contributed by atoms with E-state index in [0.29, 0.717) is 0 Å². The van der Waals surface area contributed by atoms with Gasteiger partial charge in [0.05, 0.1) is 11.4 Å². The summed E-state index contributed by atoms with van der Waals surface area (Å²) in [5, 5.41) is 4.39. The Bertz CT molecular complexity index is 641. The summed E-state index contributed by atoms with van der Waals surface area (Å²) in [6.07, 6.45) is 1.81. The van der Waals surface area contributed by atoms with Crippen molar-refractivity contribution in [1.29, 1.82) is 0 Å². The van der Waals surface area contributed by atoms with Crippen LogP contribution in [0.25, 0.3) is 0 Å². The summed E-state index contributed by atoms with van der Waals surface area (Å²) in [4.78, 5) is 13.2. The van der Waals surface area contributed by atoms with Crippen molar-refractivity contribution < 1.29 is 0 Å². The second-order valence-corrected chi connectivity index (χ2v) is 5.38. The van der Waals surface area contributed by atoms with E-state index >= 15 is 0 Å². The van der Waals surface area contributed by atoms with E-state index in [1.54, 1.807) is 0 Å². The second-order valence-electron chi connectivity index (χ2n) is 5.38. The first-order valence-corrected chi connectivity index (χ1v) is 7.15. The topological polar surface area (TPSA) is 76.1 Å². The Morgan fingerprint density at radius 2 is 1.76 bits per heavy atom. The van der Waals surface area contributed by atoms with Gasteiger partial charge < -0.3 is 15.5 Å². The molecule has 0 aromatic carbocycles. The quantitative estimate of drug-likeness (QED) is 0.878. The molecule has 3 heterocycles. The van der Waals surface area contributed by atoms with Crippen LogP contribution in [-0.4, -0.2) is 45.9 Å². The summed E-state index contributed by atoms with van der Waals surface area (Å²) in [7, 11) is 1.94. The van der Waals surface area contributed by atoms with Crippen LogP contribution in [0.1, 0.15) is 11.5 Å². The van der Waals surface area contributed by atoms with Gasteiger partial charge in [-0.3, -0.25) is 4.68 Å². The molecule has 1 fully saturated rings. The van der Waals surface area contributed by atoms with Crippen LogP contribution in [0.15, 0.2) is 12.3 Å².